The van der Waals surface area contributed by atoms with Crippen LogP contribution >= 0.6 is 11.6 Å². The van der Waals surface area contributed by atoms with Gasteiger partial charge in [0.15, 0.2) is 0 Å². The molecular weight excluding hydrogens is 228 g/mol. The second-order valence-electron chi connectivity index (χ2n) is 4.00. The van der Waals surface area contributed by atoms with Crippen molar-refractivity contribution in [3.63, 3.8) is 0 Å². The van der Waals surface area contributed by atoms with Crippen molar-refractivity contribution in [3.8, 4) is 0 Å². The molecule has 16 heavy (non-hydrogen) atoms. The quantitative estimate of drug-likeness (QED) is 0.680. The first-order valence-electron chi connectivity index (χ1n) is 5.11. The molecule has 2 rings (SSSR count). The maximum Gasteiger partial charge on any atom is 0.255 e. The average molecular weight is 241 g/mol. The number of hydrogen-bond acceptors (Lipinski definition) is 3. The molecule has 1 aromatic rings. The fourth-order valence-corrected chi connectivity index (χ4v) is 2.01. The monoisotopic (exact) mass is 240 g/mol. The number of carbonyl (C=O) groups excluding carboxylic acids is 1. The second kappa shape index (κ2) is 4.31. The summed E-state index contributed by atoms with van der Waals surface area (Å²) in [5, 5.41) is 12.2. The zero-order valence-electron chi connectivity index (χ0n) is 8.61. The Morgan fingerprint density at radius 2 is 2.19 bits per heavy atom. The first kappa shape index (κ1) is 11.2. The molecule has 0 saturated heterocycles. The molecule has 0 aliphatic heterocycles. The molecule has 1 aliphatic rings. The fourth-order valence-electron chi connectivity index (χ4n) is 1.74. The Kier molecular flexibility index (Phi) is 3.03. The van der Waals surface area contributed by atoms with Crippen molar-refractivity contribution < 1.29 is 9.90 Å². The lowest BCUT2D eigenvalue weighted by Crippen LogP contribution is -2.46. The predicted octanol–water partition coefficient (Wildman–Crippen LogP) is 1.18. The van der Waals surface area contributed by atoms with Gasteiger partial charge < -0.3 is 16.2 Å². The topological polar surface area (TPSA) is 75.4 Å². The number of anilines is 1. The van der Waals surface area contributed by atoms with Crippen molar-refractivity contribution in [2.24, 2.45) is 0 Å². The van der Waals surface area contributed by atoms with Gasteiger partial charge in [0.1, 0.15) is 0 Å². The summed E-state index contributed by atoms with van der Waals surface area (Å²) in [6.07, 6.45) is 0.889. The van der Waals surface area contributed by atoms with Crippen LogP contribution in [0.15, 0.2) is 18.2 Å². The number of halogens is 1. The van der Waals surface area contributed by atoms with Crippen LogP contribution in [0.5, 0.6) is 0 Å². The van der Waals surface area contributed by atoms with Crippen LogP contribution in [0.1, 0.15) is 23.2 Å². The van der Waals surface area contributed by atoms with Gasteiger partial charge in [0, 0.05) is 11.7 Å². The number of nitrogens with one attached hydrogen (secondary N) is 1. The Hall–Kier alpha value is -1.26. The maximum atomic E-state index is 11.8. The summed E-state index contributed by atoms with van der Waals surface area (Å²) in [6, 6.07) is 4.98. The van der Waals surface area contributed by atoms with E-state index in [-0.39, 0.29) is 18.1 Å². The van der Waals surface area contributed by atoms with Crippen LogP contribution in [-0.4, -0.2) is 23.2 Å². The van der Waals surface area contributed by atoms with Gasteiger partial charge in [0.05, 0.1) is 16.7 Å². The number of aliphatic hydroxyl groups excluding tert-OH is 1. The van der Waals surface area contributed by atoms with E-state index < -0.39 is 0 Å². The van der Waals surface area contributed by atoms with E-state index in [0.717, 1.165) is 0 Å². The maximum absolute atomic E-state index is 11.8. The van der Waals surface area contributed by atoms with Gasteiger partial charge in [-0.05, 0) is 25.0 Å². The first-order valence-corrected chi connectivity index (χ1v) is 5.48. The number of benzene rings is 1. The van der Waals surface area contributed by atoms with E-state index in [1.807, 2.05) is 0 Å². The largest absolute Gasteiger partial charge is 0.398 e. The van der Waals surface area contributed by atoms with Gasteiger partial charge in [-0.15, -0.1) is 0 Å². The Balaban J connectivity index is 2.09. The number of rotatable bonds is 2. The molecule has 1 amide bonds. The van der Waals surface area contributed by atoms with Crippen LogP contribution in [-0.2, 0) is 0 Å². The summed E-state index contributed by atoms with van der Waals surface area (Å²) < 4.78 is 0. The van der Waals surface area contributed by atoms with Gasteiger partial charge in [0.25, 0.3) is 5.91 Å². The smallest absolute Gasteiger partial charge is 0.255 e. The van der Waals surface area contributed by atoms with Crippen LogP contribution in [0.4, 0.5) is 5.69 Å². The molecule has 5 heteroatoms. The van der Waals surface area contributed by atoms with Crippen LogP contribution in [0.25, 0.3) is 0 Å². The highest BCUT2D eigenvalue weighted by atomic mass is 35.5. The minimum absolute atomic E-state index is 0.0261. The van der Waals surface area contributed by atoms with Crippen molar-refractivity contribution in [3.05, 3.63) is 28.8 Å². The van der Waals surface area contributed by atoms with Gasteiger partial charge >= 0.3 is 0 Å². The molecule has 0 aromatic heterocycles. The van der Waals surface area contributed by atoms with Crippen molar-refractivity contribution >= 4 is 23.2 Å². The molecule has 1 aliphatic carbocycles. The van der Waals surface area contributed by atoms with Crippen molar-refractivity contribution in [2.75, 3.05) is 5.73 Å². The van der Waals surface area contributed by atoms with Gasteiger partial charge in [-0.2, -0.15) is 0 Å². The summed E-state index contributed by atoms with van der Waals surface area (Å²) in [6.45, 7) is 0. The predicted molar refractivity (Wildman–Crippen MR) is 62.4 cm³/mol. The number of hydrogen-bond donors (Lipinski definition) is 3. The average Bonchev–Trinajstić information content (AvgIpc) is 2.15. The molecule has 4 N–H and O–H groups in total. The third-order valence-electron chi connectivity index (χ3n) is 2.72. The molecule has 0 atom stereocenters. The Morgan fingerprint density at radius 3 is 2.75 bits per heavy atom. The van der Waals surface area contributed by atoms with E-state index in [2.05, 4.69) is 5.32 Å². The minimum Gasteiger partial charge on any atom is -0.398 e. The number of carbonyl (C=O) groups is 1. The molecular formula is C11H13ClN2O2. The Labute approximate surface area is 98.4 Å². The van der Waals surface area contributed by atoms with Gasteiger partial charge in [-0.3, -0.25) is 4.79 Å². The SMILES string of the molecule is Nc1cccc(Cl)c1C(=O)NC1CC(O)C1. The van der Waals surface area contributed by atoms with E-state index in [0.29, 0.717) is 29.1 Å². The highest BCUT2D eigenvalue weighted by Crippen LogP contribution is 2.24. The minimum atomic E-state index is -0.297. The summed E-state index contributed by atoms with van der Waals surface area (Å²) in [7, 11) is 0. The molecule has 0 radical (unpaired) electrons. The Morgan fingerprint density at radius 1 is 1.50 bits per heavy atom. The molecule has 0 unspecified atom stereocenters. The van der Waals surface area contributed by atoms with Crippen LogP contribution in [0.2, 0.25) is 5.02 Å². The van der Waals surface area contributed by atoms with E-state index in [1.54, 1.807) is 18.2 Å². The van der Waals surface area contributed by atoms with Gasteiger partial charge in [-0.1, -0.05) is 17.7 Å². The highest BCUT2D eigenvalue weighted by molar-refractivity contribution is 6.34. The van der Waals surface area contributed by atoms with Crippen LogP contribution in [0.3, 0.4) is 0 Å². The molecule has 1 saturated carbocycles. The van der Waals surface area contributed by atoms with Gasteiger partial charge in [0.2, 0.25) is 0 Å². The zero-order chi connectivity index (χ0) is 11.7. The molecule has 0 bridgehead atoms. The van der Waals surface area contributed by atoms with E-state index in [1.165, 1.54) is 0 Å². The molecule has 1 aromatic carbocycles. The van der Waals surface area contributed by atoms with E-state index >= 15 is 0 Å². The van der Waals surface area contributed by atoms with E-state index in [9.17, 15) is 4.79 Å². The number of nitrogens with two attached hydrogens (primary N) is 1. The fraction of sp³-hybridized carbons (Fsp3) is 0.364. The normalized spacial score (nSPS) is 23.6. The van der Waals surface area contributed by atoms with Crippen molar-refractivity contribution in [2.45, 2.75) is 25.0 Å². The highest BCUT2D eigenvalue weighted by Gasteiger charge is 2.29. The van der Waals surface area contributed by atoms with Crippen LogP contribution in [0, 0.1) is 0 Å². The van der Waals surface area contributed by atoms with E-state index in [4.69, 9.17) is 22.4 Å². The summed E-state index contributed by atoms with van der Waals surface area (Å²) in [4.78, 5) is 11.8. The summed E-state index contributed by atoms with van der Waals surface area (Å²) in [5.74, 6) is -0.278. The molecule has 0 spiro atoms. The lowest BCUT2D eigenvalue weighted by Gasteiger charge is -2.32. The summed E-state index contributed by atoms with van der Waals surface area (Å²) >= 11 is 5.91. The molecule has 86 valence electrons. The number of nitrogen functional groups attached to an aromatic ring is 1. The van der Waals surface area contributed by atoms with Crippen LogP contribution < -0.4 is 11.1 Å². The first-order chi connectivity index (χ1) is 7.58. The zero-order valence-corrected chi connectivity index (χ0v) is 9.37. The second-order valence-corrected chi connectivity index (χ2v) is 4.41. The van der Waals surface area contributed by atoms with Crippen molar-refractivity contribution in [1.29, 1.82) is 0 Å². The third-order valence-corrected chi connectivity index (χ3v) is 3.04. The number of amides is 1. The standard InChI is InChI=1S/C11H13ClN2O2/c12-8-2-1-3-9(13)10(8)11(16)14-6-4-7(15)5-6/h1-3,6-7,15H,4-5,13H2,(H,14,16). The van der Waals surface area contributed by atoms with Gasteiger partial charge in [-0.25, -0.2) is 0 Å². The van der Waals surface area contributed by atoms with Crippen molar-refractivity contribution in [1.82, 2.24) is 5.32 Å². The molecule has 4 nitrogen and oxygen atoms in total. The third kappa shape index (κ3) is 2.13. The molecule has 0 heterocycles. The lowest BCUT2D eigenvalue weighted by atomic mass is 9.89. The Bertz CT molecular complexity index is 396. The number of aliphatic hydroxyl groups is 1. The lowest BCUT2D eigenvalue weighted by molar-refractivity contribution is 0.0563. The summed E-state index contributed by atoms with van der Waals surface area (Å²) in [5.41, 5.74) is 6.37. The molecule has 1 fully saturated rings.